The maximum atomic E-state index is 4.72. The van der Waals surface area contributed by atoms with Crippen LogP contribution in [0.15, 0.2) is 0 Å². The molecule has 0 aromatic carbocycles. The summed E-state index contributed by atoms with van der Waals surface area (Å²) < 4.78 is 0. The van der Waals surface area contributed by atoms with E-state index in [2.05, 4.69) is 6.42 Å². The molecule has 0 N–H and O–H groups in total. The van der Waals surface area contributed by atoms with Crippen molar-refractivity contribution in [1.29, 1.82) is 0 Å². The molecule has 1 aliphatic heterocycles. The molecule has 4 atom stereocenters. The molecule has 0 amide bonds. The van der Waals surface area contributed by atoms with Gasteiger partial charge < -0.3 is 11.7 Å². The molecule has 0 bridgehead atoms. The minimum Gasteiger partial charge on any atom is -0.661 e. The van der Waals surface area contributed by atoms with E-state index in [0.717, 1.165) is 12.5 Å². The van der Waals surface area contributed by atoms with Gasteiger partial charge in [0.2, 0.25) is 0 Å². The standard InChI is InChI=1S/C30H54P2.C11H19N.Au/c1-5-15-25(16-6-1)31(26-17-7-2-8-18-26)29-23-13-14-24-30(29)32(27-19-9-3-10-20-27)28-21-11-4-12-22-28;1-2-6-10(7-3-1)11-8-4-5-9-12-11;/h25-30H,1-24H2;6,10-11H,1-5,7-9H2;/q;-2;/p+2. The Kier molecular flexibility index (Phi) is 17.7. The minimum atomic E-state index is -0.189. The molecule has 4 heteroatoms. The molecule has 265 valence electrons. The Bertz CT molecular complexity index is 657. The molecule has 1 radical (unpaired) electrons. The molecule has 1 nitrogen and oxygen atoms in total. The molecule has 7 rings (SSSR count). The van der Waals surface area contributed by atoms with Crippen molar-refractivity contribution in [2.75, 3.05) is 6.54 Å². The van der Waals surface area contributed by atoms with Crippen molar-refractivity contribution in [3.63, 3.8) is 0 Å². The number of nitrogens with zero attached hydrogens (tertiary/aromatic N) is 1. The average Bonchev–Trinajstić information content (AvgIpc) is 3.12. The van der Waals surface area contributed by atoms with Gasteiger partial charge in [-0.1, -0.05) is 64.2 Å². The van der Waals surface area contributed by atoms with Gasteiger partial charge in [0.25, 0.3) is 0 Å². The second kappa shape index (κ2) is 21.0. The van der Waals surface area contributed by atoms with Crippen LogP contribution in [0, 0.1) is 12.3 Å². The van der Waals surface area contributed by atoms with Crippen LogP contribution in [0.5, 0.6) is 0 Å². The van der Waals surface area contributed by atoms with Gasteiger partial charge in [0.1, 0.15) is 11.3 Å². The Hall–Kier alpha value is 1.56. The zero-order valence-electron chi connectivity index (χ0n) is 29.6. The van der Waals surface area contributed by atoms with Crippen molar-refractivity contribution >= 4 is 15.8 Å². The van der Waals surface area contributed by atoms with Gasteiger partial charge in [0.15, 0.2) is 0 Å². The van der Waals surface area contributed by atoms with Gasteiger partial charge in [-0.05, 0) is 128 Å². The molecule has 6 saturated carbocycles. The summed E-state index contributed by atoms with van der Waals surface area (Å²) in [6.07, 6.45) is 51.1. The summed E-state index contributed by atoms with van der Waals surface area (Å²) in [6, 6.07) is 0.707. The number of rotatable bonds is 7. The molecule has 45 heavy (non-hydrogen) atoms. The maximum Gasteiger partial charge on any atom is 0.104 e. The van der Waals surface area contributed by atoms with Crippen LogP contribution < -0.4 is 0 Å². The molecule has 0 spiro atoms. The zero-order chi connectivity index (χ0) is 29.8. The minimum absolute atomic E-state index is 0. The quantitative estimate of drug-likeness (QED) is 0.138. The van der Waals surface area contributed by atoms with Crippen LogP contribution in [0.25, 0.3) is 5.32 Å². The van der Waals surface area contributed by atoms with Crippen molar-refractivity contribution in [1.82, 2.24) is 0 Å². The summed E-state index contributed by atoms with van der Waals surface area (Å²) in [6.45, 7) is 1.13. The van der Waals surface area contributed by atoms with E-state index in [1.165, 1.54) is 78.9 Å². The van der Waals surface area contributed by atoms with E-state index < -0.39 is 0 Å². The average molecular weight is 841 g/mol. The van der Waals surface area contributed by atoms with Gasteiger partial charge in [0.05, 0.1) is 22.6 Å². The fourth-order valence-electron chi connectivity index (χ4n) is 12.0. The fourth-order valence-corrected chi connectivity index (χ4v) is 23.6. The van der Waals surface area contributed by atoms with Gasteiger partial charge >= 0.3 is 0 Å². The first kappa shape index (κ1) is 37.8. The molecule has 7 aliphatic rings. The molecule has 6 aliphatic carbocycles. The van der Waals surface area contributed by atoms with Crippen LogP contribution >= 0.6 is 15.8 Å². The Morgan fingerprint density at radius 1 is 0.378 bits per heavy atom. The predicted molar refractivity (Wildman–Crippen MR) is 202 cm³/mol. The van der Waals surface area contributed by atoms with E-state index in [-0.39, 0.29) is 38.2 Å². The first-order valence-electron chi connectivity index (χ1n) is 21.1. The second-order valence-electron chi connectivity index (χ2n) is 17.0. The largest absolute Gasteiger partial charge is 0.661 e. The van der Waals surface area contributed by atoms with Crippen molar-refractivity contribution in [3.8, 4) is 0 Å². The monoisotopic (exact) mass is 841 g/mol. The summed E-state index contributed by atoms with van der Waals surface area (Å²) in [5.41, 5.74) is 7.43. The summed E-state index contributed by atoms with van der Waals surface area (Å²) in [5, 5.41) is 4.72. The fraction of sp³-hybridized carbons (Fsp3) is 0.976. The van der Waals surface area contributed by atoms with Crippen LogP contribution in [-0.2, 0) is 22.4 Å². The summed E-state index contributed by atoms with van der Waals surface area (Å²) in [4.78, 5) is 0. The van der Waals surface area contributed by atoms with Crippen LogP contribution in [0.3, 0.4) is 0 Å². The van der Waals surface area contributed by atoms with Crippen molar-refractivity contribution in [2.24, 2.45) is 5.92 Å². The third-order valence-corrected chi connectivity index (χ3v) is 23.7. The van der Waals surface area contributed by atoms with Crippen LogP contribution in [0.2, 0.25) is 0 Å². The normalized spacial score (nSPS) is 33.7. The smallest absolute Gasteiger partial charge is 0.104 e. The summed E-state index contributed by atoms with van der Waals surface area (Å²) in [7, 11) is -0.378. The van der Waals surface area contributed by atoms with E-state index >= 15 is 0 Å². The van der Waals surface area contributed by atoms with E-state index in [4.69, 9.17) is 5.32 Å². The molecule has 1 saturated heterocycles. The number of hydrogen-bond acceptors (Lipinski definition) is 0. The number of hydrogen-bond donors (Lipinski definition) is 0. The molecule has 7 fully saturated rings. The van der Waals surface area contributed by atoms with Crippen molar-refractivity contribution < 1.29 is 22.4 Å². The van der Waals surface area contributed by atoms with Gasteiger partial charge in [-0.3, -0.25) is 0 Å². The topological polar surface area (TPSA) is 14.1 Å². The molecule has 0 aromatic rings. The first-order valence-corrected chi connectivity index (χ1v) is 24.6. The van der Waals surface area contributed by atoms with Gasteiger partial charge in [0, 0.05) is 38.2 Å². The van der Waals surface area contributed by atoms with Crippen molar-refractivity contribution in [2.45, 2.75) is 239 Å². The van der Waals surface area contributed by atoms with Crippen LogP contribution in [-0.4, -0.2) is 46.5 Å². The predicted octanol–water partition coefficient (Wildman–Crippen LogP) is 13.4. The van der Waals surface area contributed by atoms with E-state index in [9.17, 15) is 0 Å². The van der Waals surface area contributed by atoms with Crippen molar-refractivity contribution in [3.05, 3.63) is 11.7 Å². The van der Waals surface area contributed by atoms with Crippen LogP contribution in [0.1, 0.15) is 199 Å². The van der Waals surface area contributed by atoms with Gasteiger partial charge in [-0.25, -0.2) is 0 Å². The van der Waals surface area contributed by atoms with E-state index in [1.54, 1.807) is 154 Å². The van der Waals surface area contributed by atoms with E-state index in [1.807, 2.05) is 0 Å². The Balaban J connectivity index is 0.000000258. The molecule has 0 aromatic heterocycles. The number of piperidine rings is 1. The first-order chi connectivity index (χ1) is 21.9. The van der Waals surface area contributed by atoms with Gasteiger partial charge in [-0.15, -0.1) is 6.54 Å². The SMILES string of the molecule is C1CCC([PH+](C2CCCCC2)C2CCCCC2[PH+](C2CCCCC2)C2CCCCC2)CC1.[Au].[CH-]1CCCCC1C1CCCC[N-]1. The molecule has 4 unspecified atom stereocenters. The third-order valence-electron chi connectivity index (χ3n) is 14.2. The summed E-state index contributed by atoms with van der Waals surface area (Å²) in [5.74, 6) is 0.846. The Morgan fingerprint density at radius 2 is 0.756 bits per heavy atom. The molecular formula is C41H75AuNP2. The molecular weight excluding hydrogens is 765 g/mol. The van der Waals surface area contributed by atoms with E-state index in [0.29, 0.717) is 6.04 Å². The maximum absolute atomic E-state index is 4.72. The zero-order valence-corrected chi connectivity index (χ0v) is 33.7. The van der Waals surface area contributed by atoms with Gasteiger partial charge in [-0.2, -0.15) is 18.4 Å². The Labute approximate surface area is 299 Å². The second-order valence-corrected chi connectivity index (χ2v) is 23.7. The summed E-state index contributed by atoms with van der Waals surface area (Å²) >= 11 is 0. The molecule has 1 heterocycles. The Morgan fingerprint density at radius 3 is 1.11 bits per heavy atom. The third kappa shape index (κ3) is 11.0. The van der Waals surface area contributed by atoms with Crippen LogP contribution in [0.4, 0.5) is 0 Å².